The molecule has 4 atom stereocenters. The fraction of sp³-hybridized carbons (Fsp3) is 0.818. The van der Waals surface area contributed by atoms with Crippen LogP contribution in [0.2, 0.25) is 0 Å². The first-order valence-electron chi connectivity index (χ1n) is 5.57. The molecule has 0 aromatic rings. The number of aliphatic hydroxyl groups is 1. The Morgan fingerprint density at radius 3 is 2.65 bits per heavy atom. The van der Waals surface area contributed by atoms with Crippen LogP contribution < -0.4 is 0 Å². The van der Waals surface area contributed by atoms with Crippen LogP contribution in [0.25, 0.3) is 0 Å². The number of carbonyl (C=O) groups excluding carboxylic acids is 2. The number of carbonyl (C=O) groups is 2. The minimum atomic E-state index is -0.677. The lowest BCUT2D eigenvalue weighted by Gasteiger charge is -2.45. The summed E-state index contributed by atoms with van der Waals surface area (Å²) in [4.78, 5) is 25.2. The number of rotatable bonds is 2. The fourth-order valence-electron chi connectivity index (χ4n) is 2.58. The van der Waals surface area contributed by atoms with Crippen molar-refractivity contribution in [1.29, 1.82) is 0 Å². The number of β-lactam (4-membered cyclic amide) rings is 1. The van der Waals surface area contributed by atoms with Gasteiger partial charge in [0.2, 0.25) is 5.91 Å². The lowest BCUT2D eigenvalue weighted by atomic mass is 9.88. The van der Waals surface area contributed by atoms with Gasteiger partial charge in [0.05, 0.1) is 24.5 Å². The van der Waals surface area contributed by atoms with Gasteiger partial charge in [0.25, 0.3) is 0 Å². The molecule has 17 heavy (non-hydrogen) atoms. The highest BCUT2D eigenvalue weighted by molar-refractivity contribution is 8.01. The molecular formula is C11H17NO4S. The molecule has 0 aromatic heterocycles. The molecule has 2 fully saturated rings. The molecule has 0 radical (unpaired) electrons. The van der Waals surface area contributed by atoms with E-state index in [1.54, 1.807) is 23.6 Å². The van der Waals surface area contributed by atoms with Gasteiger partial charge < -0.3 is 14.7 Å². The van der Waals surface area contributed by atoms with Crippen molar-refractivity contribution in [3.63, 3.8) is 0 Å². The number of hydrogen-bond acceptors (Lipinski definition) is 5. The number of hydrogen-bond donors (Lipinski definition) is 1. The van der Waals surface area contributed by atoms with Gasteiger partial charge in [-0.3, -0.25) is 4.79 Å². The van der Waals surface area contributed by atoms with Crippen molar-refractivity contribution in [1.82, 2.24) is 4.90 Å². The Labute approximate surface area is 104 Å². The summed E-state index contributed by atoms with van der Waals surface area (Å²) in [5.74, 6) is -0.935. The maximum absolute atomic E-state index is 11.9. The third-order valence-corrected chi connectivity index (χ3v) is 5.02. The molecule has 2 heterocycles. The van der Waals surface area contributed by atoms with E-state index in [0.29, 0.717) is 0 Å². The molecular weight excluding hydrogens is 242 g/mol. The molecule has 1 N–H and O–H groups in total. The van der Waals surface area contributed by atoms with Crippen LogP contribution >= 0.6 is 11.8 Å². The van der Waals surface area contributed by atoms with Crippen molar-refractivity contribution in [2.75, 3.05) is 7.11 Å². The van der Waals surface area contributed by atoms with Crippen LogP contribution in [-0.2, 0) is 14.3 Å². The zero-order chi connectivity index (χ0) is 13.0. The first-order valence-corrected chi connectivity index (χ1v) is 6.45. The average molecular weight is 259 g/mol. The molecule has 1 unspecified atom stereocenters. The number of nitrogens with zero attached hydrogens (tertiary/aromatic N) is 1. The monoisotopic (exact) mass is 259 g/mol. The topological polar surface area (TPSA) is 66.8 Å². The second-order valence-electron chi connectivity index (χ2n) is 5.05. The number of ether oxygens (including phenoxy) is 1. The van der Waals surface area contributed by atoms with E-state index in [0.717, 1.165) is 0 Å². The van der Waals surface area contributed by atoms with Crippen LogP contribution in [0.4, 0.5) is 0 Å². The molecule has 2 rings (SSSR count). The summed E-state index contributed by atoms with van der Waals surface area (Å²) in [5.41, 5.74) is 0. The first kappa shape index (κ1) is 12.7. The highest BCUT2D eigenvalue weighted by Gasteiger charge is 2.64. The fourth-order valence-corrected chi connectivity index (χ4v) is 4.37. The number of fused-ring (bicyclic) bond motifs is 1. The van der Waals surface area contributed by atoms with Crippen molar-refractivity contribution in [2.24, 2.45) is 5.92 Å². The van der Waals surface area contributed by atoms with Crippen molar-refractivity contribution in [3.8, 4) is 0 Å². The molecule has 2 saturated heterocycles. The number of aliphatic hydroxyl groups excluding tert-OH is 1. The highest BCUT2D eigenvalue weighted by atomic mass is 32.2. The van der Waals surface area contributed by atoms with Crippen molar-refractivity contribution in [3.05, 3.63) is 0 Å². The van der Waals surface area contributed by atoms with Gasteiger partial charge in [0, 0.05) is 4.75 Å². The predicted molar refractivity (Wildman–Crippen MR) is 63.3 cm³/mol. The third-order valence-electron chi connectivity index (χ3n) is 3.43. The minimum absolute atomic E-state index is 0.110. The molecule has 0 aromatic carbocycles. The Bertz CT molecular complexity index is 368. The predicted octanol–water partition coefficient (Wildman–Crippen LogP) is 0.219. The largest absolute Gasteiger partial charge is 0.467 e. The summed E-state index contributed by atoms with van der Waals surface area (Å²) in [6.07, 6.45) is -0.677. The summed E-state index contributed by atoms with van der Waals surface area (Å²) in [7, 11) is 1.33. The van der Waals surface area contributed by atoms with Crippen LogP contribution in [0.15, 0.2) is 0 Å². The molecule has 0 spiro atoms. The summed E-state index contributed by atoms with van der Waals surface area (Å²) in [5, 5.41) is 9.46. The van der Waals surface area contributed by atoms with Crippen molar-refractivity contribution >= 4 is 23.6 Å². The van der Waals surface area contributed by atoms with Crippen molar-refractivity contribution in [2.45, 2.75) is 43.0 Å². The summed E-state index contributed by atoms with van der Waals surface area (Å²) >= 11 is 1.55. The van der Waals surface area contributed by atoms with E-state index in [4.69, 9.17) is 4.74 Å². The third kappa shape index (κ3) is 1.65. The first-order chi connectivity index (χ1) is 7.81. The number of thioether (sulfide) groups is 1. The van der Waals surface area contributed by atoms with Crippen LogP contribution in [0.3, 0.4) is 0 Å². The van der Waals surface area contributed by atoms with Crippen LogP contribution in [0, 0.1) is 5.92 Å². The normalized spacial score (nSPS) is 36.2. The van der Waals surface area contributed by atoms with E-state index in [1.807, 2.05) is 13.8 Å². The van der Waals surface area contributed by atoms with E-state index < -0.39 is 18.1 Å². The van der Waals surface area contributed by atoms with Gasteiger partial charge >= 0.3 is 5.97 Å². The van der Waals surface area contributed by atoms with E-state index in [2.05, 4.69) is 0 Å². The SMILES string of the molecule is COC(=O)[C@@H]1N2C(=O)[C@H](C(C)O)[C@H]2SC1(C)C. The molecule has 5 nitrogen and oxygen atoms in total. The number of esters is 1. The molecule has 0 bridgehead atoms. The maximum atomic E-state index is 11.9. The van der Waals surface area contributed by atoms with Gasteiger partial charge in [-0.25, -0.2) is 4.79 Å². The number of methoxy groups -OCH3 is 1. The molecule has 0 aliphatic carbocycles. The van der Waals surface area contributed by atoms with E-state index in [1.165, 1.54) is 7.11 Å². The zero-order valence-corrected chi connectivity index (χ0v) is 11.2. The van der Waals surface area contributed by atoms with Gasteiger partial charge in [0.15, 0.2) is 0 Å². The summed E-state index contributed by atoms with van der Waals surface area (Å²) in [6.45, 7) is 5.45. The van der Waals surface area contributed by atoms with Gasteiger partial charge in [-0.15, -0.1) is 11.8 Å². The van der Waals surface area contributed by atoms with Gasteiger partial charge in [0.1, 0.15) is 6.04 Å². The Morgan fingerprint density at radius 1 is 1.59 bits per heavy atom. The molecule has 6 heteroatoms. The minimum Gasteiger partial charge on any atom is -0.467 e. The quantitative estimate of drug-likeness (QED) is 0.567. The second-order valence-corrected chi connectivity index (χ2v) is 6.82. The maximum Gasteiger partial charge on any atom is 0.330 e. The summed E-state index contributed by atoms with van der Waals surface area (Å²) in [6, 6.07) is -0.551. The van der Waals surface area contributed by atoms with Gasteiger partial charge in [-0.2, -0.15) is 0 Å². The van der Waals surface area contributed by atoms with Gasteiger partial charge in [-0.05, 0) is 20.8 Å². The molecule has 2 aliphatic rings. The molecule has 2 aliphatic heterocycles. The molecule has 1 amide bonds. The van der Waals surface area contributed by atoms with Crippen LogP contribution in [0.5, 0.6) is 0 Å². The van der Waals surface area contributed by atoms with Crippen LogP contribution in [-0.4, -0.2) is 51.3 Å². The van der Waals surface area contributed by atoms with E-state index in [-0.39, 0.29) is 22.0 Å². The number of amides is 1. The lowest BCUT2D eigenvalue weighted by molar-refractivity contribution is -0.169. The summed E-state index contributed by atoms with van der Waals surface area (Å²) < 4.78 is 4.38. The van der Waals surface area contributed by atoms with Crippen LogP contribution in [0.1, 0.15) is 20.8 Å². The lowest BCUT2D eigenvalue weighted by Crippen LogP contribution is -2.65. The smallest absolute Gasteiger partial charge is 0.330 e. The Kier molecular flexibility index (Phi) is 2.90. The zero-order valence-electron chi connectivity index (χ0n) is 10.3. The Hall–Kier alpha value is -0.750. The Morgan fingerprint density at radius 2 is 2.18 bits per heavy atom. The van der Waals surface area contributed by atoms with Gasteiger partial charge in [-0.1, -0.05) is 0 Å². The highest BCUT2D eigenvalue weighted by Crippen LogP contribution is 2.54. The van der Waals surface area contributed by atoms with E-state index in [9.17, 15) is 14.7 Å². The average Bonchev–Trinajstić information content (AvgIpc) is 2.45. The van der Waals surface area contributed by atoms with Crippen molar-refractivity contribution < 1.29 is 19.4 Å². The van der Waals surface area contributed by atoms with E-state index >= 15 is 0 Å². The standard InChI is InChI=1S/C11H17NO4S/c1-5(13)6-8(14)12-7(10(15)16-4)11(2,3)17-9(6)12/h5-7,9,13H,1-4H3/t5?,6-,7-,9+/m0/s1. The molecule has 0 saturated carbocycles. The second kappa shape index (κ2) is 3.88. The Balaban J connectivity index is 2.27. The molecule has 96 valence electrons.